The van der Waals surface area contributed by atoms with Crippen molar-refractivity contribution in [2.75, 3.05) is 50.1 Å². The lowest BCUT2D eigenvalue weighted by Gasteiger charge is -2.39. The standard InChI is InChI=1S/C23H29N3O/c1-24(2)14-15-25-16-17-26(21-11-7-6-10-20(21)25)23(27)22(19-12-13-19)18-8-4-3-5-9-18/h3-11,19,22H,12-17H2,1-2H3. The minimum atomic E-state index is -0.00687. The molecule has 4 nitrogen and oxygen atoms in total. The van der Waals surface area contributed by atoms with E-state index < -0.39 is 0 Å². The van der Waals surface area contributed by atoms with Crippen molar-refractivity contribution in [1.29, 1.82) is 0 Å². The molecule has 0 saturated heterocycles. The molecule has 1 saturated carbocycles. The lowest BCUT2D eigenvalue weighted by molar-refractivity contribution is -0.120. The number of hydrogen-bond donors (Lipinski definition) is 0. The number of likely N-dealkylation sites (N-methyl/N-ethyl adjacent to an activating group) is 1. The van der Waals surface area contributed by atoms with Gasteiger partial charge >= 0.3 is 0 Å². The molecule has 4 heteroatoms. The summed E-state index contributed by atoms with van der Waals surface area (Å²) in [5.41, 5.74) is 3.41. The molecule has 0 bridgehead atoms. The molecule has 0 N–H and O–H groups in total. The quantitative estimate of drug-likeness (QED) is 0.785. The van der Waals surface area contributed by atoms with E-state index in [1.807, 2.05) is 29.2 Å². The number of carbonyl (C=O) groups excluding carboxylic acids is 1. The zero-order chi connectivity index (χ0) is 18.8. The van der Waals surface area contributed by atoms with E-state index in [0.29, 0.717) is 5.92 Å². The predicted molar refractivity (Wildman–Crippen MR) is 111 cm³/mol. The number of nitrogens with zero attached hydrogens (tertiary/aromatic N) is 3. The zero-order valence-electron chi connectivity index (χ0n) is 16.3. The Morgan fingerprint density at radius 2 is 1.67 bits per heavy atom. The van der Waals surface area contributed by atoms with Crippen LogP contribution in [0.25, 0.3) is 0 Å². The van der Waals surface area contributed by atoms with Gasteiger partial charge in [-0.05, 0) is 50.6 Å². The van der Waals surface area contributed by atoms with Crippen molar-refractivity contribution in [3.05, 3.63) is 60.2 Å². The molecule has 2 aromatic rings. The Labute approximate surface area is 162 Å². The van der Waals surface area contributed by atoms with Crippen LogP contribution in [-0.4, -0.2) is 51.1 Å². The van der Waals surface area contributed by atoms with Crippen LogP contribution < -0.4 is 9.80 Å². The molecule has 0 radical (unpaired) electrons. The van der Waals surface area contributed by atoms with E-state index in [0.717, 1.165) is 50.3 Å². The summed E-state index contributed by atoms with van der Waals surface area (Å²) >= 11 is 0. The third kappa shape index (κ3) is 3.86. The van der Waals surface area contributed by atoms with Crippen molar-refractivity contribution in [1.82, 2.24) is 4.90 Å². The highest BCUT2D eigenvalue weighted by Gasteiger charge is 2.40. The van der Waals surface area contributed by atoms with Gasteiger partial charge in [-0.1, -0.05) is 42.5 Å². The molecule has 142 valence electrons. The maximum Gasteiger partial charge on any atom is 0.234 e. The molecule has 1 unspecified atom stereocenters. The fourth-order valence-corrected chi connectivity index (χ4v) is 4.08. The molecule has 1 aliphatic heterocycles. The van der Waals surface area contributed by atoms with Gasteiger partial charge in [0.15, 0.2) is 0 Å². The van der Waals surface area contributed by atoms with Gasteiger partial charge in [0.05, 0.1) is 17.3 Å². The number of para-hydroxylation sites is 2. The van der Waals surface area contributed by atoms with Gasteiger partial charge in [-0.25, -0.2) is 0 Å². The lowest BCUT2D eigenvalue weighted by atomic mass is 9.92. The van der Waals surface area contributed by atoms with E-state index in [1.165, 1.54) is 5.69 Å². The van der Waals surface area contributed by atoms with Crippen LogP contribution >= 0.6 is 0 Å². The Balaban J connectivity index is 1.61. The van der Waals surface area contributed by atoms with Crippen molar-refractivity contribution in [3.63, 3.8) is 0 Å². The first kappa shape index (κ1) is 18.1. The molecule has 0 aromatic heterocycles. The molecule has 2 aliphatic rings. The molecule has 1 fully saturated rings. The van der Waals surface area contributed by atoms with Crippen molar-refractivity contribution in [2.24, 2.45) is 5.92 Å². The normalized spacial score (nSPS) is 17.7. The van der Waals surface area contributed by atoms with Crippen LogP contribution in [0, 0.1) is 5.92 Å². The van der Waals surface area contributed by atoms with E-state index in [9.17, 15) is 4.79 Å². The second-order valence-electron chi connectivity index (χ2n) is 7.99. The minimum Gasteiger partial charge on any atom is -0.367 e. The summed E-state index contributed by atoms with van der Waals surface area (Å²) in [6.45, 7) is 3.65. The highest BCUT2D eigenvalue weighted by atomic mass is 16.2. The molecule has 1 aliphatic carbocycles. The highest BCUT2D eigenvalue weighted by Crippen LogP contribution is 2.45. The molecule has 4 rings (SSSR count). The minimum absolute atomic E-state index is 0.00687. The van der Waals surface area contributed by atoms with Crippen LogP contribution in [-0.2, 0) is 4.79 Å². The van der Waals surface area contributed by atoms with Crippen LogP contribution in [0.1, 0.15) is 24.3 Å². The first-order chi connectivity index (χ1) is 13.1. The largest absolute Gasteiger partial charge is 0.367 e. The summed E-state index contributed by atoms with van der Waals surface area (Å²) in [5.74, 6) is 0.759. The second kappa shape index (κ2) is 7.73. The van der Waals surface area contributed by atoms with Gasteiger partial charge in [0, 0.05) is 26.2 Å². The predicted octanol–water partition coefficient (Wildman–Crippen LogP) is 3.60. The molecular weight excluding hydrogens is 334 g/mol. The Bertz CT molecular complexity index is 785. The summed E-state index contributed by atoms with van der Waals surface area (Å²) in [7, 11) is 4.21. The van der Waals surface area contributed by atoms with Crippen LogP contribution in [0.3, 0.4) is 0 Å². The fourth-order valence-electron chi connectivity index (χ4n) is 4.08. The van der Waals surface area contributed by atoms with Crippen molar-refractivity contribution < 1.29 is 4.79 Å². The number of amides is 1. The van der Waals surface area contributed by atoms with E-state index >= 15 is 0 Å². The number of carbonyl (C=O) groups is 1. The topological polar surface area (TPSA) is 26.8 Å². The van der Waals surface area contributed by atoms with E-state index in [-0.39, 0.29) is 11.8 Å². The lowest BCUT2D eigenvalue weighted by Crippen LogP contribution is -2.47. The maximum atomic E-state index is 13.6. The second-order valence-corrected chi connectivity index (χ2v) is 7.99. The van der Waals surface area contributed by atoms with Crippen LogP contribution in [0.2, 0.25) is 0 Å². The molecule has 1 atom stereocenters. The number of rotatable bonds is 6. The third-order valence-corrected chi connectivity index (χ3v) is 5.71. The Kier molecular flexibility index (Phi) is 5.17. The fraction of sp³-hybridized carbons (Fsp3) is 0.435. The van der Waals surface area contributed by atoms with Gasteiger partial charge in [0.1, 0.15) is 0 Å². The molecule has 2 aromatic carbocycles. The number of benzene rings is 2. The SMILES string of the molecule is CN(C)CCN1CCN(C(=O)C(c2ccccc2)C2CC2)c2ccccc21. The van der Waals surface area contributed by atoms with Crippen molar-refractivity contribution in [2.45, 2.75) is 18.8 Å². The number of fused-ring (bicyclic) bond motifs is 1. The smallest absolute Gasteiger partial charge is 0.234 e. The summed E-state index contributed by atoms with van der Waals surface area (Å²) in [5, 5.41) is 0. The van der Waals surface area contributed by atoms with Gasteiger partial charge in [-0.15, -0.1) is 0 Å². The first-order valence-corrected chi connectivity index (χ1v) is 10.00. The first-order valence-electron chi connectivity index (χ1n) is 10.00. The Morgan fingerprint density at radius 1 is 1.00 bits per heavy atom. The van der Waals surface area contributed by atoms with Crippen molar-refractivity contribution in [3.8, 4) is 0 Å². The molecular formula is C23H29N3O. The monoisotopic (exact) mass is 363 g/mol. The van der Waals surface area contributed by atoms with Gasteiger partial charge < -0.3 is 14.7 Å². The van der Waals surface area contributed by atoms with Gasteiger partial charge in [-0.3, -0.25) is 4.79 Å². The maximum absolute atomic E-state index is 13.6. The zero-order valence-corrected chi connectivity index (χ0v) is 16.3. The molecule has 1 heterocycles. The summed E-state index contributed by atoms with van der Waals surface area (Å²) in [6, 6.07) is 18.7. The van der Waals surface area contributed by atoms with Crippen molar-refractivity contribution >= 4 is 17.3 Å². The van der Waals surface area contributed by atoms with Gasteiger partial charge in [0.2, 0.25) is 5.91 Å². The number of hydrogen-bond acceptors (Lipinski definition) is 3. The van der Waals surface area contributed by atoms with Gasteiger partial charge in [0.25, 0.3) is 0 Å². The van der Waals surface area contributed by atoms with Crippen LogP contribution in [0.4, 0.5) is 11.4 Å². The summed E-state index contributed by atoms with van der Waals surface area (Å²) in [4.78, 5) is 20.3. The molecule has 27 heavy (non-hydrogen) atoms. The van der Waals surface area contributed by atoms with Gasteiger partial charge in [-0.2, -0.15) is 0 Å². The Morgan fingerprint density at radius 3 is 2.33 bits per heavy atom. The summed E-state index contributed by atoms with van der Waals surface area (Å²) < 4.78 is 0. The van der Waals surface area contributed by atoms with E-state index in [2.05, 4.69) is 54.2 Å². The van der Waals surface area contributed by atoms with Crippen LogP contribution in [0.15, 0.2) is 54.6 Å². The molecule has 0 spiro atoms. The summed E-state index contributed by atoms with van der Waals surface area (Å²) in [6.07, 6.45) is 2.32. The Hall–Kier alpha value is -2.33. The third-order valence-electron chi connectivity index (χ3n) is 5.71. The van der Waals surface area contributed by atoms with Crippen LogP contribution in [0.5, 0.6) is 0 Å². The molecule has 1 amide bonds. The van der Waals surface area contributed by atoms with E-state index in [1.54, 1.807) is 0 Å². The van der Waals surface area contributed by atoms with E-state index in [4.69, 9.17) is 0 Å². The average Bonchev–Trinajstić information content (AvgIpc) is 3.52. The average molecular weight is 364 g/mol. The highest BCUT2D eigenvalue weighted by molar-refractivity contribution is 6.02. The number of anilines is 2.